The van der Waals surface area contributed by atoms with Gasteiger partial charge < -0.3 is 10.2 Å². The molecule has 0 bridgehead atoms. The van der Waals surface area contributed by atoms with Gasteiger partial charge in [0.2, 0.25) is 0 Å². The van der Waals surface area contributed by atoms with Gasteiger partial charge in [0.15, 0.2) is 0 Å². The Hall–Kier alpha value is -1.60. The van der Waals surface area contributed by atoms with Crippen LogP contribution in [0.1, 0.15) is 32.3 Å². The van der Waals surface area contributed by atoms with E-state index < -0.39 is 0 Å². The molecule has 0 spiro atoms. The van der Waals surface area contributed by atoms with Gasteiger partial charge in [-0.2, -0.15) is 5.26 Å². The SMILES string of the molecule is CC(C)CN(CC1CCCN1)c1ccc(C#N)cn1. The van der Waals surface area contributed by atoms with Gasteiger partial charge in [0, 0.05) is 25.3 Å². The summed E-state index contributed by atoms with van der Waals surface area (Å²) in [6, 6.07) is 6.48. The van der Waals surface area contributed by atoms with Crippen molar-refractivity contribution in [3.63, 3.8) is 0 Å². The third kappa shape index (κ3) is 3.93. The van der Waals surface area contributed by atoms with E-state index >= 15 is 0 Å². The molecule has 4 nitrogen and oxygen atoms in total. The number of pyridine rings is 1. The molecule has 1 N–H and O–H groups in total. The van der Waals surface area contributed by atoms with E-state index in [2.05, 4.69) is 35.1 Å². The minimum Gasteiger partial charge on any atom is -0.355 e. The highest BCUT2D eigenvalue weighted by Crippen LogP contribution is 2.16. The van der Waals surface area contributed by atoms with E-state index in [-0.39, 0.29) is 0 Å². The smallest absolute Gasteiger partial charge is 0.128 e. The normalized spacial score (nSPS) is 18.5. The molecule has 19 heavy (non-hydrogen) atoms. The van der Waals surface area contributed by atoms with Crippen LogP contribution >= 0.6 is 0 Å². The Bertz CT molecular complexity index is 426. The molecule has 2 rings (SSSR count). The second kappa shape index (κ2) is 6.53. The molecule has 0 aliphatic carbocycles. The zero-order valence-electron chi connectivity index (χ0n) is 11.8. The Kier molecular flexibility index (Phi) is 4.75. The zero-order valence-corrected chi connectivity index (χ0v) is 11.8. The number of nitrogens with one attached hydrogen (secondary N) is 1. The predicted octanol–water partition coefficient (Wildman–Crippen LogP) is 2.17. The van der Waals surface area contributed by atoms with Crippen LogP contribution in [0.3, 0.4) is 0 Å². The van der Waals surface area contributed by atoms with Crippen molar-refractivity contribution in [1.82, 2.24) is 10.3 Å². The lowest BCUT2D eigenvalue weighted by molar-refractivity contribution is 0.537. The first-order valence-corrected chi connectivity index (χ1v) is 7.03. The Morgan fingerprint density at radius 1 is 1.53 bits per heavy atom. The van der Waals surface area contributed by atoms with E-state index in [1.807, 2.05) is 12.1 Å². The Morgan fingerprint density at radius 2 is 2.37 bits per heavy atom. The maximum atomic E-state index is 8.83. The molecule has 1 unspecified atom stereocenters. The van der Waals surface area contributed by atoms with Crippen molar-refractivity contribution in [2.75, 3.05) is 24.5 Å². The number of nitriles is 1. The molecule has 4 heteroatoms. The van der Waals surface area contributed by atoms with Crippen molar-refractivity contribution in [3.05, 3.63) is 23.9 Å². The topological polar surface area (TPSA) is 52.0 Å². The molecule has 1 aliphatic rings. The summed E-state index contributed by atoms with van der Waals surface area (Å²) >= 11 is 0. The molecule has 1 saturated heterocycles. The Morgan fingerprint density at radius 3 is 2.89 bits per heavy atom. The fourth-order valence-electron chi connectivity index (χ4n) is 2.52. The molecule has 1 aromatic rings. The van der Waals surface area contributed by atoms with Crippen molar-refractivity contribution in [2.24, 2.45) is 5.92 Å². The molecule has 1 aliphatic heterocycles. The van der Waals surface area contributed by atoms with Gasteiger partial charge in [-0.15, -0.1) is 0 Å². The molecular weight excluding hydrogens is 236 g/mol. The van der Waals surface area contributed by atoms with E-state index in [0.717, 1.165) is 25.5 Å². The highest BCUT2D eigenvalue weighted by atomic mass is 15.2. The molecule has 0 aromatic carbocycles. The number of nitrogens with zero attached hydrogens (tertiary/aromatic N) is 3. The van der Waals surface area contributed by atoms with Crippen molar-refractivity contribution >= 4 is 5.82 Å². The molecule has 0 amide bonds. The van der Waals surface area contributed by atoms with Gasteiger partial charge in [0.1, 0.15) is 11.9 Å². The highest BCUT2D eigenvalue weighted by Gasteiger charge is 2.19. The van der Waals surface area contributed by atoms with Gasteiger partial charge in [-0.25, -0.2) is 4.98 Å². The second-order valence-electron chi connectivity index (χ2n) is 5.61. The van der Waals surface area contributed by atoms with Gasteiger partial charge in [0.05, 0.1) is 5.56 Å². The summed E-state index contributed by atoms with van der Waals surface area (Å²) in [6.07, 6.45) is 4.16. The summed E-state index contributed by atoms with van der Waals surface area (Å²) in [5.74, 6) is 1.57. The molecule has 2 heterocycles. The third-order valence-corrected chi connectivity index (χ3v) is 3.39. The summed E-state index contributed by atoms with van der Waals surface area (Å²) in [5.41, 5.74) is 0.618. The number of hydrogen-bond donors (Lipinski definition) is 1. The number of hydrogen-bond acceptors (Lipinski definition) is 4. The lowest BCUT2D eigenvalue weighted by Gasteiger charge is -2.28. The van der Waals surface area contributed by atoms with Crippen LogP contribution in [-0.2, 0) is 0 Å². The van der Waals surface area contributed by atoms with E-state index in [1.165, 1.54) is 12.8 Å². The number of anilines is 1. The molecule has 1 aromatic heterocycles. The highest BCUT2D eigenvalue weighted by molar-refractivity contribution is 5.42. The van der Waals surface area contributed by atoms with Crippen LogP contribution in [0.5, 0.6) is 0 Å². The first kappa shape index (κ1) is 13.8. The molecule has 102 valence electrons. The monoisotopic (exact) mass is 258 g/mol. The summed E-state index contributed by atoms with van der Waals surface area (Å²) in [5, 5.41) is 12.4. The molecule has 1 fully saturated rings. The van der Waals surface area contributed by atoms with Gasteiger partial charge in [-0.05, 0) is 37.4 Å². The molecule has 0 radical (unpaired) electrons. The van der Waals surface area contributed by atoms with Gasteiger partial charge >= 0.3 is 0 Å². The van der Waals surface area contributed by atoms with Gasteiger partial charge in [-0.3, -0.25) is 0 Å². The maximum absolute atomic E-state index is 8.83. The third-order valence-electron chi connectivity index (χ3n) is 3.39. The van der Waals surface area contributed by atoms with Gasteiger partial charge in [-0.1, -0.05) is 13.8 Å². The van der Waals surface area contributed by atoms with E-state index in [9.17, 15) is 0 Å². The Balaban J connectivity index is 2.08. The van der Waals surface area contributed by atoms with Crippen molar-refractivity contribution in [1.29, 1.82) is 5.26 Å². The summed E-state index contributed by atoms with van der Waals surface area (Å²) < 4.78 is 0. The standard InChI is InChI=1S/C15H22N4/c1-12(2)10-19(11-14-4-3-7-17-14)15-6-5-13(8-16)9-18-15/h5-6,9,12,14,17H,3-4,7,10-11H2,1-2H3. The summed E-state index contributed by atoms with van der Waals surface area (Å²) in [6.45, 7) is 7.56. The first-order chi connectivity index (χ1) is 9.19. The summed E-state index contributed by atoms with van der Waals surface area (Å²) in [4.78, 5) is 6.75. The van der Waals surface area contributed by atoms with Crippen LogP contribution in [-0.4, -0.2) is 30.7 Å². The lowest BCUT2D eigenvalue weighted by atomic mass is 10.1. The van der Waals surface area contributed by atoms with Gasteiger partial charge in [0.25, 0.3) is 0 Å². The number of aromatic nitrogens is 1. The van der Waals surface area contributed by atoms with E-state index in [1.54, 1.807) is 6.20 Å². The van der Waals surface area contributed by atoms with Crippen LogP contribution < -0.4 is 10.2 Å². The minimum absolute atomic E-state index is 0.566. The summed E-state index contributed by atoms with van der Waals surface area (Å²) in [7, 11) is 0. The second-order valence-corrected chi connectivity index (χ2v) is 5.61. The molecule has 0 saturated carbocycles. The van der Waals surface area contributed by atoms with Crippen LogP contribution in [0.2, 0.25) is 0 Å². The first-order valence-electron chi connectivity index (χ1n) is 7.03. The van der Waals surface area contributed by atoms with Crippen LogP contribution in [0, 0.1) is 17.2 Å². The molecule has 1 atom stereocenters. The zero-order chi connectivity index (χ0) is 13.7. The Labute approximate surface area is 115 Å². The van der Waals surface area contributed by atoms with Crippen LogP contribution in [0.25, 0.3) is 0 Å². The maximum Gasteiger partial charge on any atom is 0.128 e. The largest absolute Gasteiger partial charge is 0.355 e. The van der Waals surface area contributed by atoms with Crippen molar-refractivity contribution in [2.45, 2.75) is 32.7 Å². The van der Waals surface area contributed by atoms with Crippen LogP contribution in [0.15, 0.2) is 18.3 Å². The quantitative estimate of drug-likeness (QED) is 0.879. The van der Waals surface area contributed by atoms with Crippen LogP contribution in [0.4, 0.5) is 5.82 Å². The average Bonchev–Trinajstić information content (AvgIpc) is 2.90. The number of rotatable bonds is 5. The fourth-order valence-corrected chi connectivity index (χ4v) is 2.52. The van der Waals surface area contributed by atoms with Crippen molar-refractivity contribution in [3.8, 4) is 6.07 Å². The minimum atomic E-state index is 0.566. The average molecular weight is 258 g/mol. The predicted molar refractivity (Wildman–Crippen MR) is 77.0 cm³/mol. The van der Waals surface area contributed by atoms with Crippen molar-refractivity contribution < 1.29 is 0 Å². The molecular formula is C15H22N4. The fraction of sp³-hybridized carbons (Fsp3) is 0.600. The van der Waals surface area contributed by atoms with E-state index in [0.29, 0.717) is 17.5 Å². The lowest BCUT2D eigenvalue weighted by Crippen LogP contribution is -2.39. The van der Waals surface area contributed by atoms with E-state index in [4.69, 9.17) is 5.26 Å².